The first-order chi connectivity index (χ1) is 11.5. The van der Waals surface area contributed by atoms with Gasteiger partial charge in [-0.2, -0.15) is 0 Å². The van der Waals surface area contributed by atoms with Gasteiger partial charge in [-0.25, -0.2) is 8.78 Å². The van der Waals surface area contributed by atoms with Crippen LogP contribution < -0.4 is 10.1 Å². The molecule has 0 aliphatic heterocycles. The fraction of sp³-hybridized carbons (Fsp3) is 0.278. The van der Waals surface area contributed by atoms with Crippen LogP contribution >= 0.6 is 0 Å². The van der Waals surface area contributed by atoms with Gasteiger partial charge in [0.15, 0.2) is 11.6 Å². The summed E-state index contributed by atoms with van der Waals surface area (Å²) in [6.07, 6.45) is -0.932. The van der Waals surface area contributed by atoms with E-state index >= 15 is 0 Å². The van der Waals surface area contributed by atoms with Gasteiger partial charge in [-0.15, -0.1) is 0 Å². The van der Waals surface area contributed by atoms with Crippen molar-refractivity contribution in [3.05, 3.63) is 65.7 Å². The van der Waals surface area contributed by atoms with Crippen molar-refractivity contribution in [3.8, 4) is 5.75 Å². The van der Waals surface area contributed by atoms with E-state index in [0.717, 1.165) is 12.1 Å². The lowest BCUT2D eigenvalue weighted by atomic mass is 10.1. The van der Waals surface area contributed by atoms with Gasteiger partial charge in [0.25, 0.3) is 5.91 Å². The summed E-state index contributed by atoms with van der Waals surface area (Å²) in [7, 11) is 3.47. The number of hydrogen-bond acceptors (Lipinski definition) is 3. The van der Waals surface area contributed by atoms with E-state index in [1.807, 2.05) is 6.07 Å². The molecule has 0 saturated heterocycles. The molecule has 1 unspecified atom stereocenters. The average Bonchev–Trinajstić information content (AvgIpc) is 2.60. The third-order valence-electron chi connectivity index (χ3n) is 3.55. The topological polar surface area (TPSA) is 41.6 Å². The Bertz CT molecular complexity index is 680. The molecule has 2 rings (SSSR count). The highest BCUT2D eigenvalue weighted by Gasteiger charge is 2.26. The molecular weight excluding hydrogens is 314 g/mol. The SMILES string of the molecule is CNCCN(C)C(=O)C(Oc1ccc(F)c(F)c1)c1ccccc1. The Kier molecular flexibility index (Phi) is 6.26. The van der Waals surface area contributed by atoms with Crippen LogP contribution in [0.3, 0.4) is 0 Å². The second-order valence-electron chi connectivity index (χ2n) is 5.35. The Morgan fingerprint density at radius 1 is 1.17 bits per heavy atom. The standard InChI is InChI=1S/C18H20F2N2O2/c1-21-10-11-22(2)18(23)17(13-6-4-3-5-7-13)24-14-8-9-15(19)16(20)12-14/h3-9,12,17,21H,10-11H2,1-2H3. The number of amides is 1. The van der Waals surface area contributed by atoms with Crippen molar-refractivity contribution in [1.29, 1.82) is 0 Å². The summed E-state index contributed by atoms with van der Waals surface area (Å²) in [5, 5.41) is 2.97. The molecule has 0 aliphatic rings. The highest BCUT2D eigenvalue weighted by Crippen LogP contribution is 2.25. The maximum Gasteiger partial charge on any atom is 0.268 e. The maximum absolute atomic E-state index is 13.4. The third kappa shape index (κ3) is 4.52. The Balaban J connectivity index is 2.26. The van der Waals surface area contributed by atoms with Crippen LogP contribution in [0.1, 0.15) is 11.7 Å². The van der Waals surface area contributed by atoms with E-state index in [4.69, 9.17) is 4.74 Å². The molecule has 0 radical (unpaired) electrons. The molecule has 0 bridgehead atoms. The molecule has 0 aliphatic carbocycles. The van der Waals surface area contributed by atoms with Crippen molar-refractivity contribution < 1.29 is 18.3 Å². The van der Waals surface area contributed by atoms with E-state index in [1.165, 1.54) is 11.0 Å². The highest BCUT2D eigenvalue weighted by atomic mass is 19.2. The number of nitrogens with zero attached hydrogens (tertiary/aromatic N) is 1. The molecule has 4 nitrogen and oxygen atoms in total. The van der Waals surface area contributed by atoms with Gasteiger partial charge >= 0.3 is 0 Å². The summed E-state index contributed by atoms with van der Waals surface area (Å²) in [6.45, 7) is 1.13. The van der Waals surface area contributed by atoms with Gasteiger partial charge in [0.2, 0.25) is 6.10 Å². The zero-order valence-corrected chi connectivity index (χ0v) is 13.6. The number of rotatable bonds is 7. The minimum Gasteiger partial charge on any atom is -0.476 e. The lowest BCUT2D eigenvalue weighted by Gasteiger charge is -2.25. The Morgan fingerprint density at radius 3 is 2.50 bits per heavy atom. The van der Waals surface area contributed by atoms with E-state index in [0.29, 0.717) is 18.7 Å². The van der Waals surface area contributed by atoms with Crippen molar-refractivity contribution in [3.63, 3.8) is 0 Å². The van der Waals surface area contributed by atoms with Crippen LogP contribution in [0.2, 0.25) is 0 Å². The van der Waals surface area contributed by atoms with Crippen LogP contribution in [-0.2, 0) is 4.79 Å². The van der Waals surface area contributed by atoms with Crippen molar-refractivity contribution in [1.82, 2.24) is 10.2 Å². The molecule has 128 valence electrons. The molecule has 1 atom stereocenters. The number of carbonyl (C=O) groups excluding carboxylic acids is 1. The fourth-order valence-corrected chi connectivity index (χ4v) is 2.16. The third-order valence-corrected chi connectivity index (χ3v) is 3.55. The lowest BCUT2D eigenvalue weighted by molar-refractivity contribution is -0.137. The van der Waals surface area contributed by atoms with E-state index in [1.54, 1.807) is 38.4 Å². The molecule has 2 aromatic carbocycles. The first-order valence-corrected chi connectivity index (χ1v) is 7.59. The Hall–Kier alpha value is -2.47. The monoisotopic (exact) mass is 334 g/mol. The molecule has 6 heteroatoms. The molecule has 1 amide bonds. The van der Waals surface area contributed by atoms with Gasteiger partial charge in [-0.1, -0.05) is 30.3 Å². The number of halogens is 2. The second-order valence-corrected chi connectivity index (χ2v) is 5.35. The summed E-state index contributed by atoms with van der Waals surface area (Å²) in [5.74, 6) is -2.15. The van der Waals surface area contributed by atoms with Crippen LogP contribution in [0.25, 0.3) is 0 Å². The predicted molar refractivity (Wildman–Crippen MR) is 87.7 cm³/mol. The number of likely N-dealkylation sites (N-methyl/N-ethyl adjacent to an activating group) is 2. The predicted octanol–water partition coefficient (Wildman–Crippen LogP) is 2.76. The van der Waals surface area contributed by atoms with E-state index in [-0.39, 0.29) is 11.7 Å². The maximum atomic E-state index is 13.4. The van der Waals surface area contributed by atoms with Gasteiger partial charge in [-0.05, 0) is 19.2 Å². The molecule has 0 heterocycles. The quantitative estimate of drug-likeness (QED) is 0.847. The van der Waals surface area contributed by atoms with Crippen LogP contribution in [0, 0.1) is 11.6 Å². The highest BCUT2D eigenvalue weighted by molar-refractivity contribution is 5.82. The van der Waals surface area contributed by atoms with Gasteiger partial charge in [-0.3, -0.25) is 4.79 Å². The number of carbonyl (C=O) groups is 1. The summed E-state index contributed by atoms with van der Waals surface area (Å²) >= 11 is 0. The van der Waals surface area contributed by atoms with Crippen LogP contribution in [0.15, 0.2) is 48.5 Å². The minimum atomic E-state index is -1.02. The van der Waals surface area contributed by atoms with Gasteiger partial charge in [0, 0.05) is 31.8 Å². The second kappa shape index (κ2) is 8.40. The number of ether oxygens (including phenoxy) is 1. The van der Waals surface area contributed by atoms with Crippen LogP contribution in [-0.4, -0.2) is 38.0 Å². The van der Waals surface area contributed by atoms with E-state index < -0.39 is 17.7 Å². The van der Waals surface area contributed by atoms with Crippen molar-refractivity contribution in [2.75, 3.05) is 27.2 Å². The van der Waals surface area contributed by atoms with Gasteiger partial charge in [0.1, 0.15) is 5.75 Å². The molecule has 0 saturated carbocycles. The molecule has 1 N–H and O–H groups in total. The Labute approximate surface area is 140 Å². The van der Waals surface area contributed by atoms with E-state index in [9.17, 15) is 13.6 Å². The average molecular weight is 334 g/mol. The first-order valence-electron chi connectivity index (χ1n) is 7.59. The molecule has 0 spiro atoms. The van der Waals surface area contributed by atoms with Crippen molar-refractivity contribution >= 4 is 5.91 Å². The fourth-order valence-electron chi connectivity index (χ4n) is 2.16. The van der Waals surface area contributed by atoms with E-state index in [2.05, 4.69) is 5.32 Å². The summed E-state index contributed by atoms with van der Waals surface area (Å²) < 4.78 is 32.2. The zero-order valence-electron chi connectivity index (χ0n) is 13.6. The van der Waals surface area contributed by atoms with Crippen molar-refractivity contribution in [2.24, 2.45) is 0 Å². The number of nitrogens with one attached hydrogen (secondary N) is 1. The van der Waals surface area contributed by atoms with Crippen LogP contribution in [0.4, 0.5) is 8.78 Å². The summed E-state index contributed by atoms with van der Waals surface area (Å²) in [4.78, 5) is 14.2. The normalized spacial score (nSPS) is 11.8. The van der Waals surface area contributed by atoms with Crippen LogP contribution in [0.5, 0.6) is 5.75 Å². The molecular formula is C18H20F2N2O2. The summed E-state index contributed by atoms with van der Waals surface area (Å²) in [6, 6.07) is 12.1. The number of benzene rings is 2. The first kappa shape index (κ1) is 17.9. The van der Waals surface area contributed by atoms with Gasteiger partial charge in [0.05, 0.1) is 0 Å². The minimum absolute atomic E-state index is 0.0955. The van der Waals surface area contributed by atoms with Crippen molar-refractivity contribution in [2.45, 2.75) is 6.10 Å². The zero-order chi connectivity index (χ0) is 17.5. The smallest absolute Gasteiger partial charge is 0.268 e. The number of hydrogen-bond donors (Lipinski definition) is 1. The molecule has 2 aromatic rings. The molecule has 24 heavy (non-hydrogen) atoms. The largest absolute Gasteiger partial charge is 0.476 e. The van der Waals surface area contributed by atoms with Gasteiger partial charge < -0.3 is 15.0 Å². The molecule has 0 fully saturated rings. The summed E-state index contributed by atoms with van der Waals surface area (Å²) in [5.41, 5.74) is 0.642. The molecule has 0 aromatic heterocycles. The Morgan fingerprint density at radius 2 is 1.88 bits per heavy atom. The lowest BCUT2D eigenvalue weighted by Crippen LogP contribution is -2.38.